The zero-order valence-electron chi connectivity index (χ0n) is 18.9. The lowest BCUT2D eigenvalue weighted by Crippen LogP contribution is -2.34. The van der Waals surface area contributed by atoms with E-state index < -0.39 is 16.0 Å². The first-order valence-electron chi connectivity index (χ1n) is 10.8. The van der Waals surface area contributed by atoms with Gasteiger partial charge in [0.25, 0.3) is 10.0 Å². The van der Waals surface area contributed by atoms with Crippen LogP contribution >= 0.6 is 11.8 Å². The standard InChI is InChI=1S/C25H23N3O5S2/c1-2-33-24(30)19-12-14-20(15-13-19)26-23(29)17-34-25-27-35(31,32)22-11-7-6-10-21(22)28(25)16-18-8-4-3-5-9-18/h3-15H,2,16-17H2,1H3,(H,26,29). The molecule has 0 saturated heterocycles. The van der Waals surface area contributed by atoms with Crippen molar-refractivity contribution in [3.63, 3.8) is 0 Å². The number of nitrogens with zero attached hydrogens (tertiary/aromatic N) is 2. The van der Waals surface area contributed by atoms with Crippen LogP contribution < -0.4 is 10.2 Å². The Morgan fingerprint density at radius 2 is 1.66 bits per heavy atom. The van der Waals surface area contributed by atoms with Crippen LogP contribution in [-0.2, 0) is 26.1 Å². The molecule has 1 N–H and O–H groups in total. The van der Waals surface area contributed by atoms with Crippen molar-refractivity contribution in [3.05, 3.63) is 90.0 Å². The van der Waals surface area contributed by atoms with E-state index in [1.807, 2.05) is 30.3 Å². The van der Waals surface area contributed by atoms with Crippen LogP contribution in [0.5, 0.6) is 0 Å². The van der Waals surface area contributed by atoms with Crippen molar-refractivity contribution in [2.75, 3.05) is 22.6 Å². The molecule has 0 bridgehead atoms. The lowest BCUT2D eigenvalue weighted by molar-refractivity contribution is -0.113. The summed E-state index contributed by atoms with van der Waals surface area (Å²) < 4.78 is 34.5. The third-order valence-electron chi connectivity index (χ3n) is 5.06. The fourth-order valence-corrected chi connectivity index (χ4v) is 5.71. The van der Waals surface area contributed by atoms with E-state index in [0.29, 0.717) is 23.5 Å². The number of esters is 1. The van der Waals surface area contributed by atoms with Crippen molar-refractivity contribution in [1.29, 1.82) is 0 Å². The van der Waals surface area contributed by atoms with Crippen molar-refractivity contribution >= 4 is 50.2 Å². The summed E-state index contributed by atoms with van der Waals surface area (Å²) in [6, 6.07) is 22.7. The maximum absolute atomic E-state index is 12.8. The number of amides is 1. The van der Waals surface area contributed by atoms with E-state index in [9.17, 15) is 18.0 Å². The molecular weight excluding hydrogens is 486 g/mol. The van der Waals surface area contributed by atoms with Gasteiger partial charge in [-0.05, 0) is 48.9 Å². The fourth-order valence-electron chi connectivity index (χ4n) is 3.46. The summed E-state index contributed by atoms with van der Waals surface area (Å²) in [6.07, 6.45) is 0. The van der Waals surface area contributed by atoms with Crippen LogP contribution in [0.3, 0.4) is 0 Å². The van der Waals surface area contributed by atoms with E-state index in [-0.39, 0.29) is 28.3 Å². The highest BCUT2D eigenvalue weighted by Gasteiger charge is 2.31. The second-order valence-electron chi connectivity index (χ2n) is 7.52. The minimum absolute atomic E-state index is 0.0541. The molecule has 0 saturated carbocycles. The van der Waals surface area contributed by atoms with Crippen LogP contribution in [0.1, 0.15) is 22.8 Å². The van der Waals surface area contributed by atoms with Gasteiger partial charge in [-0.3, -0.25) is 4.79 Å². The SMILES string of the molecule is CCOC(=O)c1ccc(NC(=O)CSC2=NS(=O)(=O)c3ccccc3N2Cc2ccccc2)cc1. The van der Waals surface area contributed by atoms with Gasteiger partial charge < -0.3 is 15.0 Å². The first-order valence-corrected chi connectivity index (χ1v) is 13.3. The number of amidine groups is 1. The Morgan fingerprint density at radius 3 is 2.37 bits per heavy atom. The average molecular weight is 510 g/mol. The Morgan fingerprint density at radius 1 is 0.971 bits per heavy atom. The molecule has 1 aliphatic rings. The Balaban J connectivity index is 1.49. The number of ether oxygens (including phenoxy) is 1. The normalized spacial score (nSPS) is 14.0. The van der Waals surface area contributed by atoms with E-state index in [1.165, 1.54) is 6.07 Å². The summed E-state index contributed by atoms with van der Waals surface area (Å²) in [6.45, 7) is 2.40. The highest BCUT2D eigenvalue weighted by atomic mass is 32.2. The summed E-state index contributed by atoms with van der Waals surface area (Å²) >= 11 is 1.04. The molecule has 35 heavy (non-hydrogen) atoms. The third-order valence-corrected chi connectivity index (χ3v) is 7.47. The molecule has 1 amide bonds. The molecule has 1 aliphatic heterocycles. The van der Waals surface area contributed by atoms with Crippen LogP contribution in [0.4, 0.5) is 11.4 Å². The molecule has 180 valence electrons. The minimum atomic E-state index is -3.89. The molecule has 8 nitrogen and oxygen atoms in total. The Hall–Kier alpha value is -3.63. The van der Waals surface area contributed by atoms with Gasteiger partial charge in [0.05, 0.1) is 30.2 Å². The number of nitrogens with one attached hydrogen (secondary N) is 1. The fraction of sp³-hybridized carbons (Fsp3) is 0.160. The third kappa shape index (κ3) is 5.90. The molecule has 3 aromatic rings. The van der Waals surface area contributed by atoms with Crippen molar-refractivity contribution in [2.24, 2.45) is 4.40 Å². The number of sulfonamides is 1. The summed E-state index contributed by atoms with van der Waals surface area (Å²) in [5.74, 6) is -0.824. The van der Waals surface area contributed by atoms with E-state index in [0.717, 1.165) is 17.3 Å². The smallest absolute Gasteiger partial charge is 0.338 e. The maximum Gasteiger partial charge on any atom is 0.338 e. The second-order valence-corrected chi connectivity index (χ2v) is 10.0. The Labute approximate surface area is 208 Å². The maximum atomic E-state index is 12.8. The lowest BCUT2D eigenvalue weighted by Gasteiger charge is -2.30. The number of hydrogen-bond donors (Lipinski definition) is 1. The Bertz CT molecular complexity index is 1360. The number of anilines is 2. The van der Waals surface area contributed by atoms with Gasteiger partial charge in [0.2, 0.25) is 5.91 Å². The molecule has 0 unspecified atom stereocenters. The van der Waals surface area contributed by atoms with Crippen LogP contribution in [0.2, 0.25) is 0 Å². The van der Waals surface area contributed by atoms with Crippen molar-refractivity contribution in [3.8, 4) is 0 Å². The van der Waals surface area contributed by atoms with E-state index in [4.69, 9.17) is 4.74 Å². The molecule has 10 heteroatoms. The van der Waals surface area contributed by atoms with Gasteiger partial charge in [-0.25, -0.2) is 4.79 Å². The highest BCUT2D eigenvalue weighted by molar-refractivity contribution is 8.15. The predicted molar refractivity (Wildman–Crippen MR) is 137 cm³/mol. The number of carbonyl (C=O) groups excluding carboxylic acids is 2. The highest BCUT2D eigenvalue weighted by Crippen LogP contribution is 2.35. The van der Waals surface area contributed by atoms with Gasteiger partial charge >= 0.3 is 5.97 Å². The quantitative estimate of drug-likeness (QED) is 0.474. The van der Waals surface area contributed by atoms with Gasteiger partial charge in [-0.15, -0.1) is 4.40 Å². The average Bonchev–Trinajstić information content (AvgIpc) is 2.86. The molecule has 0 aromatic heterocycles. The topological polar surface area (TPSA) is 105 Å². The molecular formula is C25H23N3O5S2. The summed E-state index contributed by atoms with van der Waals surface area (Å²) in [7, 11) is -3.89. The number of carbonyl (C=O) groups is 2. The van der Waals surface area contributed by atoms with E-state index in [2.05, 4.69) is 9.71 Å². The molecule has 4 rings (SSSR count). The summed E-state index contributed by atoms with van der Waals surface area (Å²) in [5, 5.41) is 2.97. The molecule has 0 fully saturated rings. The molecule has 0 atom stereocenters. The summed E-state index contributed by atoms with van der Waals surface area (Å²) in [4.78, 5) is 26.3. The minimum Gasteiger partial charge on any atom is -0.462 e. The number of rotatable bonds is 7. The number of hydrogen-bond acceptors (Lipinski definition) is 7. The zero-order valence-corrected chi connectivity index (χ0v) is 20.5. The van der Waals surface area contributed by atoms with Gasteiger partial charge in [-0.1, -0.05) is 54.2 Å². The van der Waals surface area contributed by atoms with Gasteiger partial charge in [0, 0.05) is 5.69 Å². The number of fused-ring (bicyclic) bond motifs is 1. The van der Waals surface area contributed by atoms with Crippen LogP contribution in [0.25, 0.3) is 0 Å². The van der Waals surface area contributed by atoms with Crippen LogP contribution in [0, 0.1) is 0 Å². The molecule has 0 spiro atoms. The first kappa shape index (κ1) is 24.5. The van der Waals surface area contributed by atoms with E-state index in [1.54, 1.807) is 54.3 Å². The van der Waals surface area contributed by atoms with Gasteiger partial charge in [-0.2, -0.15) is 8.42 Å². The van der Waals surface area contributed by atoms with Crippen molar-refractivity contribution in [2.45, 2.75) is 18.4 Å². The van der Waals surface area contributed by atoms with Crippen molar-refractivity contribution in [1.82, 2.24) is 0 Å². The second kappa shape index (κ2) is 10.7. The van der Waals surface area contributed by atoms with Crippen LogP contribution in [-0.4, -0.2) is 37.8 Å². The number of para-hydroxylation sites is 1. The molecule has 1 heterocycles. The number of thioether (sulfide) groups is 1. The van der Waals surface area contributed by atoms with Crippen molar-refractivity contribution < 1.29 is 22.7 Å². The lowest BCUT2D eigenvalue weighted by atomic mass is 10.2. The van der Waals surface area contributed by atoms with Gasteiger partial charge in [0.15, 0.2) is 5.17 Å². The molecule has 0 aliphatic carbocycles. The zero-order chi connectivity index (χ0) is 24.8. The summed E-state index contributed by atoms with van der Waals surface area (Å²) in [5.41, 5.74) is 2.38. The molecule has 3 aromatic carbocycles. The van der Waals surface area contributed by atoms with Crippen LogP contribution in [0.15, 0.2) is 88.2 Å². The monoisotopic (exact) mass is 509 g/mol. The Kier molecular flexibility index (Phi) is 7.52. The van der Waals surface area contributed by atoms with Gasteiger partial charge in [0.1, 0.15) is 4.90 Å². The predicted octanol–water partition coefficient (Wildman–Crippen LogP) is 4.30. The van der Waals surface area contributed by atoms with E-state index >= 15 is 0 Å². The largest absolute Gasteiger partial charge is 0.462 e. The first-order chi connectivity index (χ1) is 16.9. The number of benzene rings is 3. The molecule has 0 radical (unpaired) electrons.